The van der Waals surface area contributed by atoms with Crippen molar-refractivity contribution < 1.29 is 14.4 Å². The van der Waals surface area contributed by atoms with E-state index in [4.69, 9.17) is 0 Å². The number of para-hydroxylation sites is 1. The molecule has 7 heteroatoms. The lowest BCUT2D eigenvalue weighted by atomic mass is 9.83. The van der Waals surface area contributed by atoms with Gasteiger partial charge in [-0.05, 0) is 29.7 Å². The SMILES string of the molecule is C[C@H]1CCN(C(=O)CN2C(=O)N[C@@](Cc3ccccc3)(c3ccccc3)C2=O)c2ccccc2S1. The summed E-state index contributed by atoms with van der Waals surface area (Å²) in [6, 6.07) is 26.1. The van der Waals surface area contributed by atoms with Crippen LogP contribution in [0.25, 0.3) is 0 Å². The summed E-state index contributed by atoms with van der Waals surface area (Å²) >= 11 is 1.74. The van der Waals surface area contributed by atoms with Crippen LogP contribution in [0.4, 0.5) is 10.5 Å². The molecule has 4 amide bonds. The van der Waals surface area contributed by atoms with Crippen LogP contribution >= 0.6 is 11.8 Å². The van der Waals surface area contributed by atoms with Gasteiger partial charge in [0.15, 0.2) is 5.54 Å². The highest BCUT2D eigenvalue weighted by atomic mass is 32.2. The van der Waals surface area contributed by atoms with Crippen LogP contribution in [0, 0.1) is 0 Å². The van der Waals surface area contributed by atoms with Crippen LogP contribution < -0.4 is 10.2 Å². The van der Waals surface area contributed by atoms with E-state index in [0.717, 1.165) is 27.5 Å². The van der Waals surface area contributed by atoms with Gasteiger partial charge in [-0.3, -0.25) is 14.5 Å². The number of nitrogens with one attached hydrogen (secondary N) is 1. The van der Waals surface area contributed by atoms with Crippen molar-refractivity contribution in [1.29, 1.82) is 0 Å². The number of rotatable bonds is 5. The highest BCUT2D eigenvalue weighted by molar-refractivity contribution is 8.00. The number of imide groups is 1. The maximum absolute atomic E-state index is 13.9. The molecular weight excluding hydrogens is 458 g/mol. The Bertz CT molecular complexity index is 1250. The number of thioether (sulfide) groups is 1. The highest BCUT2D eigenvalue weighted by Crippen LogP contribution is 2.38. The Balaban J connectivity index is 1.45. The summed E-state index contributed by atoms with van der Waals surface area (Å²) in [6.45, 7) is 2.38. The summed E-state index contributed by atoms with van der Waals surface area (Å²) in [5.74, 6) is -0.670. The third-order valence-corrected chi connectivity index (χ3v) is 7.83. The summed E-state index contributed by atoms with van der Waals surface area (Å²) in [5.41, 5.74) is 1.19. The van der Waals surface area contributed by atoms with E-state index >= 15 is 0 Å². The molecule has 1 saturated heterocycles. The van der Waals surface area contributed by atoms with Crippen LogP contribution in [-0.2, 0) is 21.5 Å². The zero-order chi connectivity index (χ0) is 24.4. The standard InChI is InChI=1S/C28H27N3O3S/c1-20-16-17-30(23-14-8-9-15-24(23)35-20)25(32)19-31-26(33)28(29-27(31)34,22-12-6-3-7-13-22)18-21-10-4-2-5-11-21/h2-15,20H,16-19H2,1H3,(H,29,34)/t20-,28-/m0/s1. The van der Waals surface area contributed by atoms with Gasteiger partial charge in [-0.2, -0.15) is 0 Å². The summed E-state index contributed by atoms with van der Waals surface area (Å²) < 4.78 is 0. The number of fused-ring (bicyclic) bond motifs is 1. The van der Waals surface area contributed by atoms with Gasteiger partial charge >= 0.3 is 6.03 Å². The Kier molecular flexibility index (Phi) is 6.34. The van der Waals surface area contributed by atoms with E-state index in [-0.39, 0.29) is 12.5 Å². The molecule has 0 radical (unpaired) electrons. The predicted molar refractivity (Wildman–Crippen MR) is 137 cm³/mol. The first kappa shape index (κ1) is 23.2. The minimum atomic E-state index is -1.26. The second-order valence-electron chi connectivity index (χ2n) is 8.99. The van der Waals surface area contributed by atoms with Gasteiger partial charge < -0.3 is 10.2 Å². The van der Waals surface area contributed by atoms with Crippen LogP contribution in [0.5, 0.6) is 0 Å². The van der Waals surface area contributed by atoms with Gasteiger partial charge in [0.1, 0.15) is 6.54 Å². The van der Waals surface area contributed by atoms with Gasteiger partial charge in [0.05, 0.1) is 5.69 Å². The molecule has 6 nitrogen and oxygen atoms in total. The van der Waals surface area contributed by atoms with Crippen LogP contribution in [-0.4, -0.2) is 41.1 Å². The number of amides is 4. The molecule has 0 aromatic heterocycles. The van der Waals surface area contributed by atoms with Crippen molar-refractivity contribution in [2.45, 2.75) is 35.4 Å². The Morgan fingerprint density at radius 1 is 0.971 bits per heavy atom. The molecule has 2 atom stereocenters. The molecular formula is C28H27N3O3S. The van der Waals surface area contributed by atoms with E-state index in [0.29, 0.717) is 23.8 Å². The van der Waals surface area contributed by atoms with E-state index in [2.05, 4.69) is 12.2 Å². The molecule has 2 aliphatic rings. The number of hydrogen-bond acceptors (Lipinski definition) is 4. The Labute approximate surface area is 209 Å². The zero-order valence-corrected chi connectivity index (χ0v) is 20.3. The van der Waals surface area contributed by atoms with Gasteiger partial charge in [0.2, 0.25) is 5.91 Å². The number of anilines is 1. The van der Waals surface area contributed by atoms with E-state index in [1.807, 2.05) is 84.9 Å². The molecule has 178 valence electrons. The third-order valence-electron chi connectivity index (χ3n) is 6.59. The molecule has 2 aliphatic heterocycles. The lowest BCUT2D eigenvalue weighted by Gasteiger charge is -2.28. The Morgan fingerprint density at radius 2 is 1.63 bits per heavy atom. The minimum Gasteiger partial charge on any atom is -0.319 e. The van der Waals surface area contributed by atoms with Crippen molar-refractivity contribution in [3.05, 3.63) is 96.1 Å². The third kappa shape index (κ3) is 4.44. The largest absolute Gasteiger partial charge is 0.325 e. The quantitative estimate of drug-likeness (QED) is 0.537. The molecule has 0 spiro atoms. The van der Waals surface area contributed by atoms with E-state index < -0.39 is 17.5 Å². The van der Waals surface area contributed by atoms with E-state index in [1.54, 1.807) is 16.7 Å². The molecule has 3 aromatic rings. The first-order valence-electron chi connectivity index (χ1n) is 11.8. The van der Waals surface area contributed by atoms with Crippen molar-refractivity contribution in [3.8, 4) is 0 Å². The van der Waals surface area contributed by atoms with Crippen LogP contribution in [0.2, 0.25) is 0 Å². The Hall–Kier alpha value is -3.58. The molecule has 1 fully saturated rings. The second kappa shape index (κ2) is 9.58. The molecule has 0 saturated carbocycles. The monoisotopic (exact) mass is 485 g/mol. The van der Waals surface area contributed by atoms with Crippen molar-refractivity contribution in [2.24, 2.45) is 0 Å². The average molecular weight is 486 g/mol. The number of urea groups is 1. The van der Waals surface area contributed by atoms with Crippen molar-refractivity contribution in [3.63, 3.8) is 0 Å². The lowest BCUT2D eigenvalue weighted by molar-refractivity contribution is -0.134. The number of benzene rings is 3. The fourth-order valence-electron chi connectivity index (χ4n) is 4.78. The number of carbonyl (C=O) groups is 3. The molecule has 2 heterocycles. The minimum absolute atomic E-state index is 0.265. The first-order chi connectivity index (χ1) is 17.0. The van der Waals surface area contributed by atoms with Crippen LogP contribution in [0.15, 0.2) is 89.8 Å². The van der Waals surface area contributed by atoms with Crippen molar-refractivity contribution >= 4 is 35.3 Å². The molecule has 0 unspecified atom stereocenters. The maximum atomic E-state index is 13.9. The predicted octanol–water partition coefficient (Wildman–Crippen LogP) is 4.59. The molecule has 1 N–H and O–H groups in total. The molecule has 3 aromatic carbocycles. The first-order valence-corrected chi connectivity index (χ1v) is 12.7. The zero-order valence-electron chi connectivity index (χ0n) is 19.5. The lowest BCUT2D eigenvalue weighted by Crippen LogP contribution is -2.47. The smallest absolute Gasteiger partial charge is 0.319 e. The summed E-state index contributed by atoms with van der Waals surface area (Å²) in [6.07, 6.45) is 1.13. The van der Waals surface area contributed by atoms with Gasteiger partial charge in [-0.15, -0.1) is 11.8 Å². The average Bonchev–Trinajstić information content (AvgIpc) is 3.00. The maximum Gasteiger partial charge on any atom is 0.325 e. The van der Waals surface area contributed by atoms with Gasteiger partial charge in [0.25, 0.3) is 5.91 Å². The molecule has 35 heavy (non-hydrogen) atoms. The van der Waals surface area contributed by atoms with Crippen molar-refractivity contribution in [2.75, 3.05) is 18.0 Å². The highest BCUT2D eigenvalue weighted by Gasteiger charge is 2.53. The summed E-state index contributed by atoms with van der Waals surface area (Å²) in [4.78, 5) is 44.4. The summed E-state index contributed by atoms with van der Waals surface area (Å²) in [7, 11) is 0. The van der Waals surface area contributed by atoms with E-state index in [1.165, 1.54) is 0 Å². The fraction of sp³-hybridized carbons (Fsp3) is 0.250. The number of nitrogens with zero attached hydrogens (tertiary/aromatic N) is 2. The van der Waals surface area contributed by atoms with Gasteiger partial charge in [0, 0.05) is 23.1 Å². The topological polar surface area (TPSA) is 69.7 Å². The second-order valence-corrected chi connectivity index (χ2v) is 10.5. The van der Waals surface area contributed by atoms with Crippen molar-refractivity contribution in [1.82, 2.24) is 10.2 Å². The molecule has 5 rings (SSSR count). The van der Waals surface area contributed by atoms with E-state index in [9.17, 15) is 14.4 Å². The summed E-state index contributed by atoms with van der Waals surface area (Å²) in [5, 5.41) is 3.30. The van der Waals surface area contributed by atoms with Gasteiger partial charge in [-0.1, -0.05) is 79.7 Å². The molecule has 0 bridgehead atoms. The van der Waals surface area contributed by atoms with Gasteiger partial charge in [-0.25, -0.2) is 4.79 Å². The fourth-order valence-corrected chi connectivity index (χ4v) is 5.89. The normalized spacial score (nSPS) is 21.9. The number of carbonyl (C=O) groups excluding carboxylic acids is 3. The molecule has 0 aliphatic carbocycles. The number of hydrogen-bond donors (Lipinski definition) is 1. The van der Waals surface area contributed by atoms with Crippen LogP contribution in [0.1, 0.15) is 24.5 Å². The Morgan fingerprint density at radius 3 is 2.37 bits per heavy atom. The van der Waals surface area contributed by atoms with Crippen LogP contribution in [0.3, 0.4) is 0 Å².